The summed E-state index contributed by atoms with van der Waals surface area (Å²) in [6.07, 6.45) is 3.08. The van der Waals surface area contributed by atoms with Crippen LogP contribution in [0.4, 0.5) is 5.69 Å². The van der Waals surface area contributed by atoms with Gasteiger partial charge in [0.15, 0.2) is 6.61 Å². The quantitative estimate of drug-likeness (QED) is 0.343. The molecule has 2 aromatic rings. The number of carbonyl (C=O) groups excluding carboxylic acids is 3. The van der Waals surface area contributed by atoms with Crippen molar-refractivity contribution in [2.75, 3.05) is 11.9 Å². The van der Waals surface area contributed by atoms with Crippen molar-refractivity contribution >= 4 is 52.8 Å². The van der Waals surface area contributed by atoms with Crippen LogP contribution in [0.15, 0.2) is 47.6 Å². The third kappa shape index (κ3) is 6.47. The Bertz CT molecular complexity index is 993. The van der Waals surface area contributed by atoms with Crippen LogP contribution >= 0.6 is 23.2 Å². The van der Waals surface area contributed by atoms with Gasteiger partial charge in [0.05, 0.1) is 16.9 Å². The monoisotopic (exact) mass is 448 g/mol. The van der Waals surface area contributed by atoms with Crippen molar-refractivity contribution < 1.29 is 19.1 Å². The average molecular weight is 449 g/mol. The van der Waals surface area contributed by atoms with Crippen LogP contribution in [-0.4, -0.2) is 36.6 Å². The zero-order valence-corrected chi connectivity index (χ0v) is 17.2. The minimum atomic E-state index is -0.851. The lowest BCUT2D eigenvalue weighted by molar-refractivity contribution is -0.139. The molecule has 0 radical (unpaired) electrons. The summed E-state index contributed by atoms with van der Waals surface area (Å²) in [6, 6.07) is 11.6. The van der Waals surface area contributed by atoms with Crippen molar-refractivity contribution in [3.05, 3.63) is 58.1 Å². The molecule has 1 aliphatic carbocycles. The van der Waals surface area contributed by atoms with Crippen molar-refractivity contribution in [3.63, 3.8) is 0 Å². The van der Waals surface area contributed by atoms with E-state index in [1.807, 2.05) is 0 Å². The van der Waals surface area contributed by atoms with Crippen molar-refractivity contribution in [1.82, 2.24) is 10.7 Å². The Hall–Kier alpha value is -3.10. The van der Waals surface area contributed by atoms with Crippen LogP contribution in [0.2, 0.25) is 10.0 Å². The summed E-state index contributed by atoms with van der Waals surface area (Å²) in [5.74, 6) is -1.63. The molecule has 0 spiro atoms. The van der Waals surface area contributed by atoms with Crippen LogP contribution in [0, 0.1) is 0 Å². The zero-order chi connectivity index (χ0) is 21.5. The van der Waals surface area contributed by atoms with Crippen LogP contribution in [0.25, 0.3) is 0 Å². The number of hydrogen-bond donors (Lipinski definition) is 3. The number of hydrogen-bond acceptors (Lipinski definition) is 5. The Morgan fingerprint density at radius 2 is 1.87 bits per heavy atom. The fourth-order valence-electron chi connectivity index (χ4n) is 2.33. The summed E-state index contributed by atoms with van der Waals surface area (Å²) in [7, 11) is 0. The van der Waals surface area contributed by atoms with Crippen molar-refractivity contribution in [1.29, 1.82) is 0 Å². The predicted molar refractivity (Wildman–Crippen MR) is 114 cm³/mol. The molecule has 0 aliphatic heterocycles. The maximum absolute atomic E-state index is 12.1. The van der Waals surface area contributed by atoms with E-state index in [2.05, 4.69) is 21.2 Å². The molecule has 3 rings (SSSR count). The molecule has 0 aromatic heterocycles. The Balaban J connectivity index is 1.53. The van der Waals surface area contributed by atoms with Crippen molar-refractivity contribution in [2.45, 2.75) is 18.9 Å². The van der Waals surface area contributed by atoms with E-state index in [1.165, 1.54) is 12.3 Å². The Kier molecular flexibility index (Phi) is 7.26. The molecule has 30 heavy (non-hydrogen) atoms. The van der Waals surface area contributed by atoms with Gasteiger partial charge in [-0.3, -0.25) is 14.4 Å². The number of carbonyl (C=O) groups is 3. The molecular formula is C20H18Cl2N4O4. The van der Waals surface area contributed by atoms with Gasteiger partial charge in [0, 0.05) is 16.6 Å². The standard InChI is InChI=1S/C20H18Cl2N4O4/c21-13-5-8-16(15(22)9-13)25-18(27)11-30-17-4-2-1-3-12(17)10-23-26-20(29)19(28)24-14-6-7-14/h1-5,8-10,14H,6-7,11H2,(H,24,28)(H,25,27)(H,26,29)/b23-10-. The predicted octanol–water partition coefficient (Wildman–Crippen LogP) is 2.74. The minimum Gasteiger partial charge on any atom is -0.483 e. The smallest absolute Gasteiger partial charge is 0.329 e. The van der Waals surface area contributed by atoms with Gasteiger partial charge in [0.1, 0.15) is 5.75 Å². The van der Waals surface area contributed by atoms with E-state index in [0.29, 0.717) is 27.0 Å². The number of benzene rings is 2. The van der Waals surface area contributed by atoms with Crippen molar-refractivity contribution in [2.24, 2.45) is 5.10 Å². The molecule has 1 aliphatic rings. The van der Waals surface area contributed by atoms with Gasteiger partial charge in [0.2, 0.25) is 0 Å². The molecule has 0 bridgehead atoms. The third-order valence-corrected chi connectivity index (χ3v) is 4.52. The van der Waals surface area contributed by atoms with Crippen LogP contribution in [-0.2, 0) is 14.4 Å². The summed E-state index contributed by atoms with van der Waals surface area (Å²) in [6.45, 7) is -0.278. The highest BCUT2D eigenvalue weighted by atomic mass is 35.5. The van der Waals surface area contributed by atoms with Crippen LogP contribution in [0.5, 0.6) is 5.75 Å². The molecule has 1 saturated carbocycles. The maximum atomic E-state index is 12.1. The van der Waals surface area contributed by atoms with Gasteiger partial charge < -0.3 is 15.4 Å². The normalized spacial score (nSPS) is 13.0. The number of para-hydroxylation sites is 1. The lowest BCUT2D eigenvalue weighted by atomic mass is 10.2. The number of nitrogens with zero attached hydrogens (tertiary/aromatic N) is 1. The summed E-state index contributed by atoms with van der Waals surface area (Å²) in [5.41, 5.74) is 3.08. The summed E-state index contributed by atoms with van der Waals surface area (Å²) in [5, 5.41) is 9.73. The van der Waals surface area contributed by atoms with E-state index in [9.17, 15) is 14.4 Å². The fourth-order valence-corrected chi connectivity index (χ4v) is 2.78. The molecule has 0 saturated heterocycles. The van der Waals surface area contributed by atoms with Crippen LogP contribution in [0.3, 0.4) is 0 Å². The number of hydrazone groups is 1. The molecular weight excluding hydrogens is 431 g/mol. The topological polar surface area (TPSA) is 109 Å². The third-order valence-electron chi connectivity index (χ3n) is 3.97. The minimum absolute atomic E-state index is 0.0789. The first-order valence-corrected chi connectivity index (χ1v) is 9.78. The molecule has 8 nitrogen and oxygen atoms in total. The van der Waals surface area contributed by atoms with Gasteiger partial charge in [-0.1, -0.05) is 35.3 Å². The molecule has 1 fully saturated rings. The molecule has 3 N–H and O–H groups in total. The number of nitrogens with one attached hydrogen (secondary N) is 3. The van der Waals surface area contributed by atoms with Gasteiger partial charge in [-0.05, 0) is 43.2 Å². The second-order valence-electron chi connectivity index (χ2n) is 6.45. The van der Waals surface area contributed by atoms with Crippen molar-refractivity contribution in [3.8, 4) is 5.75 Å². The van der Waals surface area contributed by atoms with Gasteiger partial charge in [-0.15, -0.1) is 0 Å². The second kappa shape index (κ2) is 10.1. The summed E-state index contributed by atoms with van der Waals surface area (Å²) in [4.78, 5) is 35.4. The van der Waals surface area contributed by atoms with E-state index < -0.39 is 17.7 Å². The molecule has 0 heterocycles. The maximum Gasteiger partial charge on any atom is 0.329 e. The van der Waals surface area contributed by atoms with Gasteiger partial charge in [0.25, 0.3) is 5.91 Å². The Morgan fingerprint density at radius 1 is 1.10 bits per heavy atom. The number of rotatable bonds is 7. The van der Waals surface area contributed by atoms with Gasteiger partial charge in [-0.25, -0.2) is 5.43 Å². The highest BCUT2D eigenvalue weighted by Gasteiger charge is 2.26. The van der Waals surface area contributed by atoms with E-state index >= 15 is 0 Å². The van der Waals surface area contributed by atoms with Crippen LogP contribution < -0.4 is 20.8 Å². The first-order valence-electron chi connectivity index (χ1n) is 9.03. The van der Waals surface area contributed by atoms with E-state index in [-0.39, 0.29) is 12.6 Å². The van der Waals surface area contributed by atoms with E-state index in [1.54, 1.807) is 36.4 Å². The van der Waals surface area contributed by atoms with E-state index in [4.69, 9.17) is 27.9 Å². The van der Waals surface area contributed by atoms with Gasteiger partial charge in [-0.2, -0.15) is 5.10 Å². The SMILES string of the molecule is O=C(COc1ccccc1/C=N\NC(=O)C(=O)NC1CC1)Nc1ccc(Cl)cc1Cl. The molecule has 2 aromatic carbocycles. The largest absolute Gasteiger partial charge is 0.483 e. The van der Waals surface area contributed by atoms with Gasteiger partial charge >= 0.3 is 11.8 Å². The highest BCUT2D eigenvalue weighted by Crippen LogP contribution is 2.25. The fraction of sp³-hybridized carbons (Fsp3) is 0.200. The molecule has 0 unspecified atom stereocenters. The van der Waals surface area contributed by atoms with Crippen LogP contribution in [0.1, 0.15) is 18.4 Å². The first-order chi connectivity index (χ1) is 14.4. The average Bonchev–Trinajstić information content (AvgIpc) is 3.53. The highest BCUT2D eigenvalue weighted by molar-refractivity contribution is 6.36. The Morgan fingerprint density at radius 3 is 2.60 bits per heavy atom. The Labute approximate surface area is 182 Å². The second-order valence-corrected chi connectivity index (χ2v) is 7.29. The number of amides is 3. The summed E-state index contributed by atoms with van der Waals surface area (Å²) >= 11 is 11.9. The summed E-state index contributed by atoms with van der Waals surface area (Å²) < 4.78 is 5.54. The first kappa shape index (κ1) is 21.6. The zero-order valence-electron chi connectivity index (χ0n) is 15.7. The molecule has 10 heteroatoms. The number of halogens is 2. The lowest BCUT2D eigenvalue weighted by Crippen LogP contribution is -2.38. The lowest BCUT2D eigenvalue weighted by Gasteiger charge is -2.10. The molecule has 0 atom stereocenters. The number of ether oxygens (including phenoxy) is 1. The number of anilines is 1. The molecule has 156 valence electrons. The van der Waals surface area contributed by atoms with E-state index in [0.717, 1.165) is 12.8 Å². The molecule has 3 amide bonds.